The van der Waals surface area contributed by atoms with Crippen LogP contribution >= 0.6 is 11.6 Å². The van der Waals surface area contributed by atoms with E-state index < -0.39 is 10.8 Å². The number of carbonyl (C=O) groups excluding carboxylic acids is 2. The highest BCUT2D eigenvalue weighted by molar-refractivity contribution is 6.33. The molecule has 1 aliphatic rings. The quantitative estimate of drug-likeness (QED) is 0.477. The van der Waals surface area contributed by atoms with E-state index in [1.54, 1.807) is 6.92 Å². The number of nitro groups is 1. The number of rotatable bonds is 4. The number of likely N-dealkylation sites (tertiary alicyclic amines) is 1. The highest BCUT2D eigenvalue weighted by Crippen LogP contribution is 2.26. The number of nitro benzene ring substituents is 1. The van der Waals surface area contributed by atoms with Gasteiger partial charge in [0.2, 0.25) is 0 Å². The Balaban J connectivity index is 2.18. The molecular weight excluding hydrogens is 324 g/mol. The number of hydrogen-bond acceptors (Lipinski definition) is 5. The molecule has 1 heterocycles. The average molecular weight is 341 g/mol. The standard InChI is InChI=1S/C15H17ClN2O5/c1-2-23-15(20)10-4-3-7-17(9-10)14(19)12-8-11(18(21)22)5-6-13(12)16/h5-6,8,10H,2-4,7,9H2,1H3. The lowest BCUT2D eigenvalue weighted by atomic mass is 9.97. The lowest BCUT2D eigenvalue weighted by Crippen LogP contribution is -2.42. The van der Waals surface area contributed by atoms with Crippen molar-refractivity contribution in [2.45, 2.75) is 19.8 Å². The SMILES string of the molecule is CCOC(=O)C1CCCN(C(=O)c2cc([N+](=O)[O-])ccc2Cl)C1. The van der Waals surface area contributed by atoms with Crippen molar-refractivity contribution in [1.29, 1.82) is 0 Å². The summed E-state index contributed by atoms with van der Waals surface area (Å²) in [6.45, 7) is 2.73. The Morgan fingerprint density at radius 2 is 2.22 bits per heavy atom. The maximum Gasteiger partial charge on any atom is 0.310 e. The Kier molecular flexibility index (Phi) is 5.54. The van der Waals surface area contributed by atoms with Crippen LogP contribution in [0.25, 0.3) is 0 Å². The van der Waals surface area contributed by atoms with E-state index in [-0.39, 0.29) is 34.7 Å². The molecule has 1 fully saturated rings. The molecule has 23 heavy (non-hydrogen) atoms. The third-order valence-corrected chi connectivity index (χ3v) is 4.05. The number of hydrogen-bond donors (Lipinski definition) is 0. The van der Waals surface area contributed by atoms with Gasteiger partial charge in [-0.2, -0.15) is 0 Å². The maximum absolute atomic E-state index is 12.6. The van der Waals surface area contributed by atoms with Gasteiger partial charge in [-0.05, 0) is 25.8 Å². The Labute approximate surface area is 138 Å². The van der Waals surface area contributed by atoms with Crippen molar-refractivity contribution in [3.63, 3.8) is 0 Å². The molecule has 1 saturated heterocycles. The molecule has 1 aromatic rings. The largest absolute Gasteiger partial charge is 0.466 e. The van der Waals surface area contributed by atoms with Gasteiger partial charge >= 0.3 is 5.97 Å². The van der Waals surface area contributed by atoms with E-state index in [1.165, 1.54) is 23.1 Å². The predicted octanol–water partition coefficient (Wildman–Crippen LogP) is 2.66. The molecule has 0 radical (unpaired) electrons. The summed E-state index contributed by atoms with van der Waals surface area (Å²) >= 11 is 6.00. The van der Waals surface area contributed by atoms with Crippen LogP contribution in [0.4, 0.5) is 5.69 Å². The minimum Gasteiger partial charge on any atom is -0.466 e. The topological polar surface area (TPSA) is 89.8 Å². The predicted molar refractivity (Wildman–Crippen MR) is 83.4 cm³/mol. The second-order valence-corrected chi connectivity index (χ2v) is 5.67. The van der Waals surface area contributed by atoms with E-state index in [2.05, 4.69) is 0 Å². The molecule has 2 rings (SSSR count). The van der Waals surface area contributed by atoms with Crippen molar-refractivity contribution >= 4 is 29.2 Å². The summed E-state index contributed by atoms with van der Waals surface area (Å²) in [5, 5.41) is 11.0. The summed E-state index contributed by atoms with van der Waals surface area (Å²) in [6.07, 6.45) is 1.33. The van der Waals surface area contributed by atoms with E-state index in [0.29, 0.717) is 26.0 Å². The van der Waals surface area contributed by atoms with Gasteiger partial charge in [0.25, 0.3) is 11.6 Å². The second kappa shape index (κ2) is 7.41. The van der Waals surface area contributed by atoms with Crippen LogP contribution in [0.15, 0.2) is 18.2 Å². The zero-order valence-electron chi connectivity index (χ0n) is 12.7. The molecule has 124 valence electrons. The highest BCUT2D eigenvalue weighted by atomic mass is 35.5. The van der Waals surface area contributed by atoms with Crippen LogP contribution in [0.3, 0.4) is 0 Å². The summed E-state index contributed by atoms with van der Waals surface area (Å²) in [5.41, 5.74) is -0.123. The van der Waals surface area contributed by atoms with Gasteiger partial charge < -0.3 is 9.64 Å². The van der Waals surface area contributed by atoms with E-state index >= 15 is 0 Å². The third-order valence-electron chi connectivity index (χ3n) is 3.72. The lowest BCUT2D eigenvalue weighted by molar-refractivity contribution is -0.384. The molecule has 1 aromatic carbocycles. The third kappa shape index (κ3) is 3.98. The number of ether oxygens (including phenoxy) is 1. The molecule has 0 aliphatic carbocycles. The summed E-state index contributed by atoms with van der Waals surface area (Å²) in [6, 6.07) is 3.75. The fourth-order valence-electron chi connectivity index (χ4n) is 2.58. The smallest absolute Gasteiger partial charge is 0.310 e. The normalized spacial score (nSPS) is 17.7. The average Bonchev–Trinajstić information content (AvgIpc) is 2.54. The molecule has 0 N–H and O–H groups in total. The minimum atomic E-state index is -0.579. The van der Waals surface area contributed by atoms with E-state index in [9.17, 15) is 19.7 Å². The molecule has 7 nitrogen and oxygen atoms in total. The van der Waals surface area contributed by atoms with Gasteiger partial charge in [-0.1, -0.05) is 11.6 Å². The van der Waals surface area contributed by atoms with Crippen LogP contribution in [-0.4, -0.2) is 41.4 Å². The van der Waals surface area contributed by atoms with Gasteiger partial charge in [0.05, 0.1) is 28.0 Å². The van der Waals surface area contributed by atoms with Gasteiger partial charge in [-0.25, -0.2) is 0 Å². The molecule has 8 heteroatoms. The Bertz CT molecular complexity index is 634. The minimum absolute atomic E-state index is 0.0744. The van der Waals surface area contributed by atoms with Crippen LogP contribution in [0, 0.1) is 16.0 Å². The summed E-state index contributed by atoms with van der Waals surface area (Å²) in [4.78, 5) is 36.2. The van der Waals surface area contributed by atoms with Crippen LogP contribution in [-0.2, 0) is 9.53 Å². The van der Waals surface area contributed by atoms with Crippen molar-refractivity contribution in [1.82, 2.24) is 4.90 Å². The van der Waals surface area contributed by atoms with E-state index in [4.69, 9.17) is 16.3 Å². The van der Waals surface area contributed by atoms with Gasteiger partial charge in [-0.15, -0.1) is 0 Å². The summed E-state index contributed by atoms with van der Waals surface area (Å²) in [5.74, 6) is -1.10. The van der Waals surface area contributed by atoms with Crippen molar-refractivity contribution in [3.05, 3.63) is 38.9 Å². The van der Waals surface area contributed by atoms with Gasteiger partial charge in [0.1, 0.15) is 0 Å². The fourth-order valence-corrected chi connectivity index (χ4v) is 2.77. The monoisotopic (exact) mass is 340 g/mol. The second-order valence-electron chi connectivity index (χ2n) is 5.26. The van der Waals surface area contributed by atoms with E-state index in [0.717, 1.165) is 0 Å². The molecule has 0 saturated carbocycles. The van der Waals surface area contributed by atoms with Crippen LogP contribution in [0.2, 0.25) is 5.02 Å². The number of amides is 1. The fraction of sp³-hybridized carbons (Fsp3) is 0.467. The number of non-ortho nitro benzene ring substituents is 1. The molecule has 1 unspecified atom stereocenters. The van der Waals surface area contributed by atoms with Crippen LogP contribution in [0.5, 0.6) is 0 Å². The Morgan fingerprint density at radius 1 is 1.48 bits per heavy atom. The number of piperidine rings is 1. The van der Waals surface area contributed by atoms with Gasteiger partial charge in [0, 0.05) is 25.2 Å². The van der Waals surface area contributed by atoms with Crippen LogP contribution in [0.1, 0.15) is 30.1 Å². The Morgan fingerprint density at radius 3 is 2.87 bits per heavy atom. The first-order valence-corrected chi connectivity index (χ1v) is 7.71. The first-order valence-electron chi connectivity index (χ1n) is 7.34. The highest BCUT2D eigenvalue weighted by Gasteiger charge is 2.31. The molecule has 0 bridgehead atoms. The van der Waals surface area contributed by atoms with Crippen molar-refractivity contribution in [3.8, 4) is 0 Å². The van der Waals surface area contributed by atoms with Gasteiger partial charge in [-0.3, -0.25) is 19.7 Å². The molecule has 1 aliphatic heterocycles. The molecule has 0 aromatic heterocycles. The first-order chi connectivity index (χ1) is 10.9. The van der Waals surface area contributed by atoms with Crippen molar-refractivity contribution in [2.75, 3.05) is 19.7 Å². The molecule has 1 atom stereocenters. The number of benzene rings is 1. The van der Waals surface area contributed by atoms with Gasteiger partial charge in [0.15, 0.2) is 0 Å². The number of esters is 1. The van der Waals surface area contributed by atoms with Crippen LogP contribution < -0.4 is 0 Å². The van der Waals surface area contributed by atoms with Crippen molar-refractivity contribution in [2.24, 2.45) is 5.92 Å². The molecule has 0 spiro atoms. The van der Waals surface area contributed by atoms with E-state index in [1.807, 2.05) is 0 Å². The summed E-state index contributed by atoms with van der Waals surface area (Å²) < 4.78 is 5.00. The maximum atomic E-state index is 12.6. The van der Waals surface area contributed by atoms with Crippen molar-refractivity contribution < 1.29 is 19.2 Å². The number of carbonyl (C=O) groups is 2. The lowest BCUT2D eigenvalue weighted by Gasteiger charge is -2.31. The number of nitrogens with zero attached hydrogens (tertiary/aromatic N) is 2. The Hall–Kier alpha value is -2.15. The first kappa shape index (κ1) is 17.2. The molecule has 1 amide bonds. The summed E-state index contributed by atoms with van der Waals surface area (Å²) in [7, 11) is 0. The number of halogens is 1. The zero-order valence-corrected chi connectivity index (χ0v) is 13.4. The zero-order chi connectivity index (χ0) is 17.0. The molecular formula is C15H17ClN2O5.